The number of H-pyrrole nitrogens is 1. The van der Waals surface area contributed by atoms with E-state index in [2.05, 4.69) is 25.1 Å². The van der Waals surface area contributed by atoms with Gasteiger partial charge in [0.25, 0.3) is 0 Å². The molecule has 1 atom stereocenters. The van der Waals surface area contributed by atoms with Crippen LogP contribution >= 0.6 is 0 Å². The van der Waals surface area contributed by atoms with Crippen LogP contribution in [0.2, 0.25) is 0 Å². The molecule has 134 valence electrons. The summed E-state index contributed by atoms with van der Waals surface area (Å²) in [5.74, 6) is 0.397. The first-order valence-corrected chi connectivity index (χ1v) is 8.65. The Morgan fingerprint density at radius 2 is 2.12 bits per heavy atom. The third kappa shape index (κ3) is 3.77. The average Bonchev–Trinajstić information content (AvgIpc) is 3.29. The number of hydrogen-bond acceptors (Lipinski definition) is 4. The van der Waals surface area contributed by atoms with Crippen LogP contribution in [0.25, 0.3) is 11.4 Å². The van der Waals surface area contributed by atoms with E-state index in [1.54, 1.807) is 18.5 Å². The summed E-state index contributed by atoms with van der Waals surface area (Å²) in [6.07, 6.45) is 5.33. The lowest BCUT2D eigenvalue weighted by Crippen LogP contribution is -2.21. The molecule has 0 amide bonds. The third-order valence-electron chi connectivity index (χ3n) is 4.69. The maximum atomic E-state index is 13.3. The normalized spacial score (nSPS) is 17.7. The summed E-state index contributed by atoms with van der Waals surface area (Å²) >= 11 is 0. The number of likely N-dealkylation sites (tertiary alicyclic amines) is 1. The van der Waals surface area contributed by atoms with Crippen molar-refractivity contribution in [3.8, 4) is 11.4 Å². The summed E-state index contributed by atoms with van der Waals surface area (Å²) in [7, 11) is 0. The Balaban J connectivity index is 1.34. The van der Waals surface area contributed by atoms with Crippen LogP contribution in [-0.4, -0.2) is 38.2 Å². The molecular weight excluding hydrogens is 336 g/mol. The summed E-state index contributed by atoms with van der Waals surface area (Å²) in [5.41, 5.74) is 1.68. The lowest BCUT2D eigenvalue weighted by Gasteiger charge is -2.16. The number of halogens is 2. The Morgan fingerprint density at radius 1 is 1.19 bits per heavy atom. The second-order valence-electron chi connectivity index (χ2n) is 6.69. The first-order chi connectivity index (χ1) is 12.7. The lowest BCUT2D eigenvalue weighted by atomic mass is 10.1. The molecule has 0 radical (unpaired) electrons. The molecule has 1 saturated heterocycles. The molecule has 1 fully saturated rings. The Hall–Kier alpha value is -2.67. The van der Waals surface area contributed by atoms with Crippen molar-refractivity contribution in [1.29, 1.82) is 0 Å². The molecule has 1 unspecified atom stereocenters. The molecule has 26 heavy (non-hydrogen) atoms. The number of aromatic nitrogens is 4. The molecule has 0 aliphatic carbocycles. The van der Waals surface area contributed by atoms with Crippen LogP contribution in [0, 0.1) is 17.6 Å². The Bertz CT molecular complexity index is 881. The second-order valence-corrected chi connectivity index (χ2v) is 6.69. The number of rotatable bonds is 5. The van der Waals surface area contributed by atoms with Crippen molar-refractivity contribution >= 4 is 0 Å². The topological polar surface area (TPSA) is 57.7 Å². The highest BCUT2D eigenvalue weighted by Crippen LogP contribution is 2.23. The lowest BCUT2D eigenvalue weighted by molar-refractivity contribution is 0.314. The average molecular weight is 355 g/mol. The van der Waals surface area contributed by atoms with Crippen molar-refractivity contribution in [1.82, 2.24) is 25.1 Å². The van der Waals surface area contributed by atoms with E-state index in [4.69, 9.17) is 0 Å². The zero-order chi connectivity index (χ0) is 17.9. The van der Waals surface area contributed by atoms with Gasteiger partial charge in [0.2, 0.25) is 0 Å². The van der Waals surface area contributed by atoms with Crippen LogP contribution in [0.1, 0.15) is 17.8 Å². The number of aromatic amines is 1. The highest BCUT2D eigenvalue weighted by molar-refractivity contribution is 5.52. The van der Waals surface area contributed by atoms with Crippen molar-refractivity contribution in [3.05, 3.63) is 65.7 Å². The number of nitrogens with one attached hydrogen (secondary N) is 1. The predicted octanol–water partition coefficient (Wildman–Crippen LogP) is 3.21. The minimum Gasteiger partial charge on any atom is -0.299 e. The molecule has 0 saturated carbocycles. The largest absolute Gasteiger partial charge is 0.299 e. The first-order valence-electron chi connectivity index (χ1n) is 8.65. The Kier molecular flexibility index (Phi) is 4.71. The summed E-state index contributed by atoms with van der Waals surface area (Å²) in [6, 6.07) is 7.89. The second kappa shape index (κ2) is 7.29. The van der Waals surface area contributed by atoms with E-state index in [9.17, 15) is 8.78 Å². The van der Waals surface area contributed by atoms with E-state index in [1.807, 2.05) is 12.1 Å². The van der Waals surface area contributed by atoms with Crippen LogP contribution in [0.5, 0.6) is 0 Å². The molecule has 1 aliphatic heterocycles. The zero-order valence-electron chi connectivity index (χ0n) is 14.2. The molecule has 1 aromatic carbocycles. The molecule has 0 spiro atoms. The van der Waals surface area contributed by atoms with Gasteiger partial charge in [-0.05, 0) is 48.7 Å². The summed E-state index contributed by atoms with van der Waals surface area (Å²) in [4.78, 5) is 10.9. The van der Waals surface area contributed by atoms with E-state index >= 15 is 0 Å². The standard InChI is InChI=1S/C19H19F2N5/c20-16-4-3-13(8-17(16)21)11-26-7-5-14(12-26)9-18-23-19(25-24-18)15-2-1-6-22-10-15/h1-4,6,8,10,14H,5,7,9,11-12H2,(H,23,24,25). The molecule has 4 rings (SSSR count). The minimum absolute atomic E-state index is 0.468. The molecule has 3 aromatic rings. The predicted molar refractivity (Wildman–Crippen MR) is 93.1 cm³/mol. The highest BCUT2D eigenvalue weighted by Gasteiger charge is 2.24. The van der Waals surface area contributed by atoms with Crippen molar-refractivity contribution in [2.45, 2.75) is 19.4 Å². The van der Waals surface area contributed by atoms with Crippen LogP contribution in [0.15, 0.2) is 42.7 Å². The Labute approximate surface area is 150 Å². The van der Waals surface area contributed by atoms with Crippen molar-refractivity contribution < 1.29 is 8.78 Å². The third-order valence-corrected chi connectivity index (χ3v) is 4.69. The quantitative estimate of drug-likeness (QED) is 0.764. The van der Waals surface area contributed by atoms with E-state index in [1.165, 1.54) is 12.1 Å². The fraction of sp³-hybridized carbons (Fsp3) is 0.316. The van der Waals surface area contributed by atoms with Gasteiger partial charge in [-0.3, -0.25) is 15.0 Å². The van der Waals surface area contributed by atoms with E-state index in [0.717, 1.165) is 42.9 Å². The van der Waals surface area contributed by atoms with Gasteiger partial charge >= 0.3 is 0 Å². The maximum absolute atomic E-state index is 13.3. The van der Waals surface area contributed by atoms with Crippen LogP contribution < -0.4 is 0 Å². The van der Waals surface area contributed by atoms with Crippen molar-refractivity contribution in [2.24, 2.45) is 5.92 Å². The van der Waals surface area contributed by atoms with Gasteiger partial charge in [-0.2, -0.15) is 5.10 Å². The van der Waals surface area contributed by atoms with Gasteiger partial charge in [-0.1, -0.05) is 6.07 Å². The van der Waals surface area contributed by atoms with Crippen molar-refractivity contribution in [2.75, 3.05) is 13.1 Å². The molecule has 7 heteroatoms. The number of nitrogens with zero attached hydrogens (tertiary/aromatic N) is 4. The minimum atomic E-state index is -0.803. The number of hydrogen-bond donors (Lipinski definition) is 1. The fourth-order valence-corrected chi connectivity index (χ4v) is 3.40. The van der Waals surface area contributed by atoms with Gasteiger partial charge in [-0.15, -0.1) is 0 Å². The summed E-state index contributed by atoms with van der Waals surface area (Å²) in [5, 5.41) is 7.28. The van der Waals surface area contributed by atoms with Crippen LogP contribution in [-0.2, 0) is 13.0 Å². The maximum Gasteiger partial charge on any atom is 0.182 e. The van der Waals surface area contributed by atoms with Crippen LogP contribution in [0.4, 0.5) is 8.78 Å². The highest BCUT2D eigenvalue weighted by atomic mass is 19.2. The van der Waals surface area contributed by atoms with Gasteiger partial charge in [0.05, 0.1) is 0 Å². The zero-order valence-corrected chi connectivity index (χ0v) is 14.2. The van der Waals surface area contributed by atoms with Crippen molar-refractivity contribution in [3.63, 3.8) is 0 Å². The van der Waals surface area contributed by atoms with Crippen LogP contribution in [0.3, 0.4) is 0 Å². The first kappa shape index (κ1) is 16.8. The Morgan fingerprint density at radius 3 is 2.92 bits per heavy atom. The van der Waals surface area contributed by atoms with E-state index in [-0.39, 0.29) is 0 Å². The smallest absolute Gasteiger partial charge is 0.182 e. The molecule has 2 aromatic heterocycles. The van der Waals surface area contributed by atoms with Gasteiger partial charge < -0.3 is 0 Å². The molecule has 3 heterocycles. The number of benzene rings is 1. The molecule has 1 N–H and O–H groups in total. The monoisotopic (exact) mass is 355 g/mol. The molecule has 5 nitrogen and oxygen atoms in total. The van der Waals surface area contributed by atoms with Gasteiger partial charge in [0.15, 0.2) is 17.5 Å². The summed E-state index contributed by atoms with van der Waals surface area (Å²) in [6.45, 7) is 2.47. The van der Waals surface area contributed by atoms with Gasteiger partial charge in [-0.25, -0.2) is 13.8 Å². The van der Waals surface area contributed by atoms with Gasteiger partial charge in [0.1, 0.15) is 5.82 Å². The molecular formula is C19H19F2N5. The van der Waals surface area contributed by atoms with E-state index in [0.29, 0.717) is 18.3 Å². The molecule has 0 bridgehead atoms. The SMILES string of the molecule is Fc1ccc(CN2CCC(Cc3nc(-c4cccnc4)n[nH]3)C2)cc1F. The number of pyridine rings is 1. The van der Waals surface area contributed by atoms with E-state index < -0.39 is 11.6 Å². The van der Waals surface area contributed by atoms with Gasteiger partial charge in [0, 0.05) is 37.5 Å². The summed E-state index contributed by atoms with van der Waals surface area (Å²) < 4.78 is 26.4. The fourth-order valence-electron chi connectivity index (χ4n) is 3.40. The molecule has 1 aliphatic rings.